The van der Waals surface area contributed by atoms with Crippen molar-refractivity contribution in [2.45, 2.75) is 36.8 Å². The number of hydrogen-bond donors (Lipinski definition) is 1. The maximum atomic E-state index is 13.1. The zero-order chi connectivity index (χ0) is 19.1. The second-order valence-electron chi connectivity index (χ2n) is 7.37. The van der Waals surface area contributed by atoms with E-state index in [9.17, 15) is 13.8 Å². The summed E-state index contributed by atoms with van der Waals surface area (Å²) in [6, 6.07) is 0. The monoisotopic (exact) mass is 398 g/mol. The number of nitrogens with zero attached hydrogens (tertiary/aromatic N) is 6. The third-order valence-corrected chi connectivity index (χ3v) is 7.83. The first-order chi connectivity index (χ1) is 12.9. The van der Waals surface area contributed by atoms with E-state index in [1.165, 1.54) is 11.0 Å². The summed E-state index contributed by atoms with van der Waals surface area (Å²) in [6.07, 6.45) is 3.46. The van der Waals surface area contributed by atoms with E-state index >= 15 is 0 Å². The number of aromatic nitrogens is 4. The van der Waals surface area contributed by atoms with Crippen LogP contribution in [0.3, 0.4) is 0 Å². The van der Waals surface area contributed by atoms with Crippen molar-refractivity contribution in [2.75, 3.05) is 37.8 Å². The minimum Gasteiger partial charge on any atom is -0.387 e. The van der Waals surface area contributed by atoms with E-state index in [4.69, 9.17) is 9.84 Å². The Kier molecular flexibility index (Phi) is 4.51. The van der Waals surface area contributed by atoms with Crippen molar-refractivity contribution in [1.29, 1.82) is 0 Å². The summed E-state index contributed by atoms with van der Waals surface area (Å²) < 4.78 is 24.5. The lowest BCUT2D eigenvalue weighted by Gasteiger charge is -2.45. The van der Waals surface area contributed by atoms with E-state index < -0.39 is 33.4 Å². The van der Waals surface area contributed by atoms with Gasteiger partial charge in [0.2, 0.25) is 5.91 Å². The van der Waals surface area contributed by atoms with Crippen LogP contribution in [0.4, 0.5) is 0 Å². The van der Waals surface area contributed by atoms with E-state index in [-0.39, 0.29) is 17.4 Å². The topological polar surface area (TPSA) is 140 Å². The molecule has 0 aromatic carbocycles. The van der Waals surface area contributed by atoms with Crippen molar-refractivity contribution in [1.82, 2.24) is 25.1 Å². The molecule has 1 aliphatic carbocycles. The van der Waals surface area contributed by atoms with Crippen LogP contribution in [-0.2, 0) is 29.6 Å². The molecule has 3 heterocycles. The van der Waals surface area contributed by atoms with Gasteiger partial charge >= 0.3 is 0 Å². The first-order valence-corrected chi connectivity index (χ1v) is 10.8. The Hall–Kier alpha value is -1.92. The van der Waals surface area contributed by atoms with Crippen molar-refractivity contribution in [3.05, 3.63) is 6.33 Å². The lowest BCUT2D eigenvalue weighted by Crippen LogP contribution is -2.57. The molecule has 1 N–H and O–H groups in total. The third kappa shape index (κ3) is 3.36. The van der Waals surface area contributed by atoms with Crippen LogP contribution in [0.1, 0.15) is 25.7 Å². The van der Waals surface area contributed by atoms with Crippen LogP contribution in [0, 0.1) is 0 Å². The number of carbonyl (C=O) groups excluding carboxylic acids is 2. The van der Waals surface area contributed by atoms with Gasteiger partial charge in [0.15, 0.2) is 0 Å². The minimum atomic E-state index is -2.68. The van der Waals surface area contributed by atoms with Gasteiger partial charge in [0, 0.05) is 24.6 Å². The summed E-state index contributed by atoms with van der Waals surface area (Å²) in [5, 5.41) is 20.0. The highest BCUT2D eigenvalue weighted by Crippen LogP contribution is 2.44. The maximum absolute atomic E-state index is 13.1. The molecule has 3 aliphatic rings. The van der Waals surface area contributed by atoms with Gasteiger partial charge in [-0.2, -0.15) is 4.36 Å². The standard InChI is InChI=1S/C15H22N6O5S/c22-9-12(23)20-5-6-26-14(10-20)3-7-27(25,8-4-14)17-13(24)15(1-2-15)21-11-16-18-19-21/h11,22H,1-10H2. The molecular weight excluding hydrogens is 376 g/mol. The fourth-order valence-electron chi connectivity index (χ4n) is 3.72. The van der Waals surface area contributed by atoms with Gasteiger partial charge in [-0.3, -0.25) is 9.59 Å². The van der Waals surface area contributed by atoms with Crippen LogP contribution >= 0.6 is 0 Å². The Morgan fingerprint density at radius 2 is 2.00 bits per heavy atom. The van der Waals surface area contributed by atoms with E-state index in [0.717, 1.165) is 0 Å². The van der Waals surface area contributed by atoms with E-state index in [1.807, 2.05) is 0 Å². The number of tetrazole rings is 1. The molecule has 3 fully saturated rings. The molecule has 0 unspecified atom stereocenters. The highest BCUT2D eigenvalue weighted by atomic mass is 32.2. The summed E-state index contributed by atoms with van der Waals surface area (Å²) in [5.74, 6) is -0.282. The summed E-state index contributed by atoms with van der Waals surface area (Å²) in [4.78, 5) is 26.0. The smallest absolute Gasteiger partial charge is 0.281 e. The highest BCUT2D eigenvalue weighted by molar-refractivity contribution is 7.93. The Bertz CT molecular complexity index is 844. The SMILES string of the molecule is O=C(CO)N1CCOC2(CCS(=O)(=NC(=O)C3(n4cnnn4)CC3)CC2)C1. The fourth-order valence-corrected chi connectivity index (χ4v) is 5.96. The van der Waals surface area contributed by atoms with Gasteiger partial charge in [-0.25, -0.2) is 8.89 Å². The molecule has 11 nitrogen and oxygen atoms in total. The summed E-state index contributed by atoms with van der Waals surface area (Å²) >= 11 is 0. The average molecular weight is 398 g/mol. The number of ether oxygens (including phenoxy) is 1. The number of aliphatic hydroxyl groups excluding tert-OH is 1. The van der Waals surface area contributed by atoms with Crippen molar-refractivity contribution < 1.29 is 23.6 Å². The predicted molar refractivity (Wildman–Crippen MR) is 91.9 cm³/mol. The number of amides is 2. The van der Waals surface area contributed by atoms with Crippen LogP contribution in [0.5, 0.6) is 0 Å². The van der Waals surface area contributed by atoms with Gasteiger partial charge in [-0.05, 0) is 36.1 Å². The Balaban J connectivity index is 1.46. The lowest BCUT2D eigenvalue weighted by atomic mass is 9.94. The lowest BCUT2D eigenvalue weighted by molar-refractivity contribution is -0.154. The Morgan fingerprint density at radius 3 is 2.59 bits per heavy atom. The Morgan fingerprint density at radius 1 is 1.26 bits per heavy atom. The second kappa shape index (κ2) is 6.60. The number of hydrogen-bond acceptors (Lipinski definition) is 8. The average Bonchev–Trinajstić information content (AvgIpc) is 3.31. The molecule has 0 bridgehead atoms. The van der Waals surface area contributed by atoms with Crippen LogP contribution in [0.25, 0.3) is 0 Å². The zero-order valence-corrected chi connectivity index (χ0v) is 15.6. The molecule has 0 atom stereocenters. The molecule has 1 aromatic rings. The first-order valence-electron chi connectivity index (χ1n) is 8.93. The van der Waals surface area contributed by atoms with Gasteiger partial charge in [-0.1, -0.05) is 0 Å². The fraction of sp³-hybridized carbons (Fsp3) is 0.800. The minimum absolute atomic E-state index is 0.242. The van der Waals surface area contributed by atoms with Gasteiger partial charge in [0.05, 0.1) is 21.9 Å². The molecule has 0 radical (unpaired) electrons. The molecule has 2 saturated heterocycles. The number of carbonyl (C=O) groups is 2. The molecule has 27 heavy (non-hydrogen) atoms. The molecular formula is C15H22N6O5S. The van der Waals surface area contributed by atoms with Crippen molar-refractivity contribution in [2.24, 2.45) is 4.36 Å². The van der Waals surface area contributed by atoms with Crippen molar-refractivity contribution in [3.8, 4) is 0 Å². The van der Waals surface area contributed by atoms with Crippen molar-refractivity contribution >= 4 is 21.5 Å². The van der Waals surface area contributed by atoms with Gasteiger partial charge in [-0.15, -0.1) is 5.10 Å². The molecule has 12 heteroatoms. The first kappa shape index (κ1) is 18.4. The Labute approximate surface area is 156 Å². The summed E-state index contributed by atoms with van der Waals surface area (Å²) in [6.45, 7) is 0.652. The molecule has 148 valence electrons. The van der Waals surface area contributed by atoms with E-state index in [1.54, 1.807) is 4.90 Å². The normalized spacial score (nSPS) is 32.3. The predicted octanol–water partition coefficient (Wildman–Crippen LogP) is -1.46. The molecule has 1 saturated carbocycles. The van der Waals surface area contributed by atoms with Gasteiger partial charge in [0.25, 0.3) is 5.91 Å². The second-order valence-corrected chi connectivity index (χ2v) is 9.91. The van der Waals surface area contributed by atoms with E-state index in [0.29, 0.717) is 45.4 Å². The number of morpholine rings is 1. The van der Waals surface area contributed by atoms with E-state index in [2.05, 4.69) is 19.9 Å². The zero-order valence-electron chi connectivity index (χ0n) is 14.8. The van der Waals surface area contributed by atoms with Gasteiger partial charge in [0.1, 0.15) is 18.5 Å². The summed E-state index contributed by atoms with van der Waals surface area (Å²) in [5.41, 5.74) is -1.45. The molecule has 2 amide bonds. The largest absolute Gasteiger partial charge is 0.387 e. The molecule has 1 aromatic heterocycles. The van der Waals surface area contributed by atoms with Gasteiger partial charge < -0.3 is 14.7 Å². The summed E-state index contributed by atoms with van der Waals surface area (Å²) in [7, 11) is -2.68. The number of aliphatic hydroxyl groups is 1. The maximum Gasteiger partial charge on any atom is 0.281 e. The van der Waals surface area contributed by atoms with Crippen LogP contribution in [0.2, 0.25) is 0 Å². The molecule has 4 rings (SSSR count). The third-order valence-electron chi connectivity index (χ3n) is 5.65. The van der Waals surface area contributed by atoms with Crippen molar-refractivity contribution in [3.63, 3.8) is 0 Å². The van der Waals surface area contributed by atoms with Crippen LogP contribution in [-0.4, -0.2) is 89.6 Å². The van der Waals surface area contributed by atoms with Crippen LogP contribution < -0.4 is 0 Å². The number of rotatable bonds is 3. The highest BCUT2D eigenvalue weighted by Gasteiger charge is 2.54. The molecule has 1 spiro atoms. The van der Waals surface area contributed by atoms with Crippen LogP contribution in [0.15, 0.2) is 10.7 Å². The quantitative estimate of drug-likeness (QED) is 0.651. The molecule has 2 aliphatic heterocycles.